The Balaban J connectivity index is 2.69. The Hall–Kier alpha value is -1.36. The fourth-order valence-electron chi connectivity index (χ4n) is 1.63. The Bertz CT molecular complexity index is 695. The van der Waals surface area contributed by atoms with Crippen molar-refractivity contribution in [3.63, 3.8) is 0 Å². The molecule has 0 saturated heterocycles. The number of hydrogen-bond donors (Lipinski definition) is 1. The number of amides is 1. The summed E-state index contributed by atoms with van der Waals surface area (Å²) in [6.45, 7) is 5.31. The number of carbonyl (C=O) groups excluding carboxylic acids is 1. The number of rotatable bonds is 2. The predicted molar refractivity (Wildman–Crippen MR) is 82.3 cm³/mol. The SMILES string of the molecule is C=CC(=O)Nc1nc(C(Cl)(Cl)Cl)nc2ccc(C)cc12. The summed E-state index contributed by atoms with van der Waals surface area (Å²) in [6.07, 6.45) is 1.14. The van der Waals surface area contributed by atoms with Gasteiger partial charge < -0.3 is 5.32 Å². The number of nitrogens with one attached hydrogen (secondary N) is 1. The second kappa shape index (κ2) is 5.56. The van der Waals surface area contributed by atoms with E-state index in [1.54, 1.807) is 6.07 Å². The minimum atomic E-state index is -1.77. The van der Waals surface area contributed by atoms with Crippen molar-refractivity contribution < 1.29 is 4.79 Å². The summed E-state index contributed by atoms with van der Waals surface area (Å²) in [5.41, 5.74) is 1.57. The van der Waals surface area contributed by atoms with Crippen molar-refractivity contribution in [1.29, 1.82) is 0 Å². The van der Waals surface area contributed by atoms with Crippen molar-refractivity contribution in [2.24, 2.45) is 0 Å². The monoisotopic (exact) mass is 329 g/mol. The average molecular weight is 331 g/mol. The lowest BCUT2D eigenvalue weighted by molar-refractivity contribution is -0.111. The summed E-state index contributed by atoms with van der Waals surface area (Å²) in [5, 5.41) is 3.26. The molecule has 0 saturated carbocycles. The zero-order valence-electron chi connectivity index (χ0n) is 10.5. The van der Waals surface area contributed by atoms with Crippen LogP contribution >= 0.6 is 34.8 Å². The summed E-state index contributed by atoms with van der Waals surface area (Å²) < 4.78 is -1.77. The topological polar surface area (TPSA) is 54.9 Å². The van der Waals surface area contributed by atoms with Crippen LogP contribution in [0, 0.1) is 6.92 Å². The molecular formula is C13H10Cl3N3O. The Morgan fingerprint density at radius 2 is 2.05 bits per heavy atom. The molecule has 0 atom stereocenters. The Morgan fingerprint density at radius 1 is 1.35 bits per heavy atom. The van der Waals surface area contributed by atoms with Gasteiger partial charge in [0.15, 0.2) is 5.82 Å². The number of benzene rings is 1. The van der Waals surface area contributed by atoms with E-state index in [9.17, 15) is 4.79 Å². The van der Waals surface area contributed by atoms with Gasteiger partial charge in [0.25, 0.3) is 0 Å². The van der Waals surface area contributed by atoms with E-state index in [0.29, 0.717) is 10.9 Å². The maximum Gasteiger partial charge on any atom is 0.250 e. The molecule has 104 valence electrons. The molecule has 0 spiro atoms. The molecule has 1 aromatic heterocycles. The lowest BCUT2D eigenvalue weighted by atomic mass is 10.1. The van der Waals surface area contributed by atoms with Gasteiger partial charge in [-0.05, 0) is 25.1 Å². The Morgan fingerprint density at radius 3 is 2.65 bits per heavy atom. The van der Waals surface area contributed by atoms with E-state index in [-0.39, 0.29) is 11.6 Å². The zero-order chi connectivity index (χ0) is 14.9. The van der Waals surface area contributed by atoms with Gasteiger partial charge in [-0.3, -0.25) is 4.79 Å². The zero-order valence-corrected chi connectivity index (χ0v) is 12.7. The molecule has 4 nitrogen and oxygen atoms in total. The van der Waals surface area contributed by atoms with E-state index in [1.165, 1.54) is 0 Å². The molecule has 2 aromatic rings. The lowest BCUT2D eigenvalue weighted by Crippen LogP contribution is -2.14. The van der Waals surface area contributed by atoms with Gasteiger partial charge in [-0.15, -0.1) is 0 Å². The first kappa shape index (κ1) is 15.0. The van der Waals surface area contributed by atoms with E-state index < -0.39 is 9.70 Å². The van der Waals surface area contributed by atoms with E-state index in [2.05, 4.69) is 21.9 Å². The van der Waals surface area contributed by atoms with Gasteiger partial charge in [-0.25, -0.2) is 9.97 Å². The summed E-state index contributed by atoms with van der Waals surface area (Å²) in [4.78, 5) is 19.8. The highest BCUT2D eigenvalue weighted by Crippen LogP contribution is 2.37. The van der Waals surface area contributed by atoms with E-state index >= 15 is 0 Å². The number of carbonyl (C=O) groups is 1. The number of aromatic nitrogens is 2. The van der Waals surface area contributed by atoms with Crippen LogP contribution in [-0.4, -0.2) is 15.9 Å². The molecule has 0 unspecified atom stereocenters. The molecule has 0 aliphatic rings. The third kappa shape index (κ3) is 3.20. The van der Waals surface area contributed by atoms with Crippen LogP contribution in [0.15, 0.2) is 30.9 Å². The summed E-state index contributed by atoms with van der Waals surface area (Å²) in [5.74, 6) is -0.120. The van der Waals surface area contributed by atoms with Crippen LogP contribution < -0.4 is 5.32 Å². The van der Waals surface area contributed by atoms with Crippen molar-refractivity contribution >= 4 is 57.4 Å². The van der Waals surface area contributed by atoms with Gasteiger partial charge in [0.05, 0.1) is 5.52 Å². The van der Waals surface area contributed by atoms with E-state index in [4.69, 9.17) is 34.8 Å². The van der Waals surface area contributed by atoms with Crippen molar-refractivity contribution in [3.8, 4) is 0 Å². The first-order valence-electron chi connectivity index (χ1n) is 5.60. The van der Waals surface area contributed by atoms with Crippen molar-refractivity contribution in [2.75, 3.05) is 5.32 Å². The summed E-state index contributed by atoms with van der Waals surface area (Å²) in [7, 11) is 0. The molecule has 0 aliphatic carbocycles. The van der Waals surface area contributed by atoms with Crippen LogP contribution in [-0.2, 0) is 8.59 Å². The molecule has 7 heteroatoms. The third-order valence-electron chi connectivity index (χ3n) is 2.53. The molecular weight excluding hydrogens is 321 g/mol. The quantitative estimate of drug-likeness (QED) is 0.671. The normalized spacial score (nSPS) is 11.4. The number of anilines is 1. The maximum absolute atomic E-state index is 11.5. The minimum Gasteiger partial charge on any atom is -0.306 e. The molecule has 1 aromatic carbocycles. The number of aryl methyl sites for hydroxylation is 1. The van der Waals surface area contributed by atoms with Crippen molar-refractivity contribution in [3.05, 3.63) is 42.2 Å². The van der Waals surface area contributed by atoms with Crippen LogP contribution in [0.5, 0.6) is 0 Å². The van der Waals surface area contributed by atoms with Gasteiger partial charge >= 0.3 is 0 Å². The molecule has 0 fully saturated rings. The number of fused-ring (bicyclic) bond motifs is 1. The number of nitrogens with zero attached hydrogens (tertiary/aromatic N) is 2. The lowest BCUT2D eigenvalue weighted by Gasteiger charge is -2.13. The standard InChI is InChI=1S/C13H10Cl3N3O/c1-3-10(20)18-11-8-6-7(2)4-5-9(8)17-12(19-11)13(14,15)16/h3-6H,1H2,2H3,(H,17,18,19,20). The molecule has 2 rings (SSSR count). The van der Waals surface area contributed by atoms with Gasteiger partial charge in [-0.2, -0.15) is 0 Å². The first-order valence-corrected chi connectivity index (χ1v) is 6.73. The second-order valence-electron chi connectivity index (χ2n) is 4.11. The van der Waals surface area contributed by atoms with Gasteiger partial charge in [-0.1, -0.05) is 53.0 Å². The van der Waals surface area contributed by atoms with Gasteiger partial charge in [0.1, 0.15) is 5.82 Å². The Labute approximate surface area is 130 Å². The van der Waals surface area contributed by atoms with E-state index in [1.807, 2.05) is 19.1 Å². The van der Waals surface area contributed by atoms with Crippen LogP contribution in [0.2, 0.25) is 0 Å². The second-order valence-corrected chi connectivity index (χ2v) is 6.39. The molecule has 0 bridgehead atoms. The highest BCUT2D eigenvalue weighted by atomic mass is 35.6. The number of halogens is 3. The largest absolute Gasteiger partial charge is 0.306 e. The third-order valence-corrected chi connectivity index (χ3v) is 3.04. The van der Waals surface area contributed by atoms with Crippen LogP contribution in [0.1, 0.15) is 11.4 Å². The fraction of sp³-hybridized carbons (Fsp3) is 0.154. The summed E-state index contributed by atoms with van der Waals surface area (Å²) >= 11 is 17.4. The first-order chi connectivity index (χ1) is 9.31. The Kier molecular flexibility index (Phi) is 4.18. The predicted octanol–water partition coefficient (Wildman–Crippen LogP) is 3.89. The fourth-order valence-corrected chi connectivity index (χ4v) is 1.89. The number of alkyl halides is 3. The van der Waals surface area contributed by atoms with Crippen molar-refractivity contribution in [1.82, 2.24) is 9.97 Å². The average Bonchev–Trinajstić information content (AvgIpc) is 2.37. The minimum absolute atomic E-state index is 0.00165. The molecule has 0 radical (unpaired) electrons. The highest BCUT2D eigenvalue weighted by Gasteiger charge is 2.28. The van der Waals surface area contributed by atoms with Crippen LogP contribution in [0.3, 0.4) is 0 Å². The molecule has 20 heavy (non-hydrogen) atoms. The summed E-state index contributed by atoms with van der Waals surface area (Å²) in [6, 6.07) is 5.49. The number of hydrogen-bond acceptors (Lipinski definition) is 3. The van der Waals surface area contributed by atoms with Gasteiger partial charge in [0.2, 0.25) is 9.70 Å². The van der Waals surface area contributed by atoms with Gasteiger partial charge in [0, 0.05) is 5.39 Å². The van der Waals surface area contributed by atoms with Crippen molar-refractivity contribution in [2.45, 2.75) is 10.7 Å². The maximum atomic E-state index is 11.5. The molecule has 1 N–H and O–H groups in total. The molecule has 0 aliphatic heterocycles. The highest BCUT2D eigenvalue weighted by molar-refractivity contribution is 6.66. The van der Waals surface area contributed by atoms with Crippen LogP contribution in [0.4, 0.5) is 5.82 Å². The van der Waals surface area contributed by atoms with E-state index in [0.717, 1.165) is 11.6 Å². The molecule has 1 heterocycles. The smallest absolute Gasteiger partial charge is 0.250 e. The van der Waals surface area contributed by atoms with Crippen LogP contribution in [0.25, 0.3) is 10.9 Å². The molecule has 1 amide bonds.